The van der Waals surface area contributed by atoms with Crippen LogP contribution in [0.1, 0.15) is 60.5 Å². The molecule has 0 heterocycles. The number of benzene rings is 2. The van der Waals surface area contributed by atoms with Crippen molar-refractivity contribution in [3.05, 3.63) is 76.9 Å². The molecule has 0 saturated heterocycles. The third kappa shape index (κ3) is 3.33. The number of nitriles is 1. The molecule has 2 aromatic rings. The predicted molar refractivity (Wildman–Crippen MR) is 104 cm³/mol. The zero-order chi connectivity index (χ0) is 20.6. The van der Waals surface area contributed by atoms with E-state index in [0.717, 1.165) is 18.6 Å². The Bertz CT molecular complexity index is 991. The van der Waals surface area contributed by atoms with Gasteiger partial charge in [0, 0.05) is 12.1 Å². The van der Waals surface area contributed by atoms with Crippen molar-refractivity contribution in [1.82, 2.24) is 0 Å². The maximum absolute atomic E-state index is 13.7. The van der Waals surface area contributed by atoms with E-state index in [0.29, 0.717) is 11.0 Å². The number of carbonyl (C=O) groups excluding carboxylic acids is 1. The summed E-state index contributed by atoms with van der Waals surface area (Å²) in [7, 11) is 0. The molecule has 0 atom stereocenters. The van der Waals surface area contributed by atoms with E-state index >= 15 is 0 Å². The zero-order valence-corrected chi connectivity index (χ0v) is 16.2. The van der Waals surface area contributed by atoms with Crippen molar-refractivity contribution in [3.8, 4) is 11.8 Å². The number of ether oxygens (including phenoxy) is 1. The quantitative estimate of drug-likeness (QED) is 0.352. The highest BCUT2D eigenvalue weighted by atomic mass is 19.1. The average molecular weight is 393 g/mol. The third-order valence-corrected chi connectivity index (χ3v) is 6.29. The first-order chi connectivity index (χ1) is 13.9. The summed E-state index contributed by atoms with van der Waals surface area (Å²) in [5.74, 6) is -3.08. The van der Waals surface area contributed by atoms with Crippen LogP contribution in [-0.4, -0.2) is 5.97 Å². The number of rotatable bonds is 6. The number of carbonyl (C=O) groups is 1. The molecule has 0 unspecified atom stereocenters. The molecule has 0 aliphatic heterocycles. The van der Waals surface area contributed by atoms with Gasteiger partial charge in [-0.1, -0.05) is 24.3 Å². The summed E-state index contributed by atoms with van der Waals surface area (Å²) in [6, 6.07) is 10.4. The number of hydrogen-bond donors (Lipinski definition) is 0. The molecule has 3 aliphatic carbocycles. The van der Waals surface area contributed by atoms with Crippen molar-refractivity contribution in [2.45, 2.75) is 44.4 Å². The first kappa shape index (κ1) is 19.3. The van der Waals surface area contributed by atoms with Gasteiger partial charge in [0.15, 0.2) is 0 Å². The molecule has 0 amide bonds. The molecule has 5 heteroatoms. The minimum atomic E-state index is -1.06. The molecule has 2 aromatic carbocycles. The highest BCUT2D eigenvalue weighted by Gasteiger charge is 2.67. The molecule has 29 heavy (non-hydrogen) atoms. The van der Waals surface area contributed by atoms with Crippen molar-refractivity contribution in [1.29, 1.82) is 5.26 Å². The highest BCUT2D eigenvalue weighted by Crippen LogP contribution is 2.75. The lowest BCUT2D eigenvalue weighted by Crippen LogP contribution is -2.64. The Morgan fingerprint density at radius 1 is 1.17 bits per heavy atom. The maximum atomic E-state index is 13.7. The van der Waals surface area contributed by atoms with E-state index in [1.807, 2.05) is 19.1 Å². The van der Waals surface area contributed by atoms with Crippen LogP contribution in [0.2, 0.25) is 0 Å². The second-order valence-electron chi connectivity index (χ2n) is 8.26. The SMILES string of the molecule is C/C=C/CCC12CC(c3ccc(C(=O)Oc4cc(F)c(C#N)c(F)c4)cc3)(C1)C2. The Labute approximate surface area is 168 Å². The molecule has 0 radical (unpaired) electrons. The van der Waals surface area contributed by atoms with Crippen LogP contribution in [0.3, 0.4) is 0 Å². The Hall–Kier alpha value is -3.00. The number of esters is 1. The molecule has 3 nitrogen and oxygen atoms in total. The predicted octanol–water partition coefficient (Wildman–Crippen LogP) is 5.83. The zero-order valence-electron chi connectivity index (χ0n) is 16.2. The summed E-state index contributed by atoms with van der Waals surface area (Å²) < 4.78 is 32.4. The molecule has 2 bridgehead atoms. The fourth-order valence-corrected chi connectivity index (χ4v) is 4.97. The largest absolute Gasteiger partial charge is 0.423 e. The lowest BCUT2D eigenvalue weighted by molar-refractivity contribution is -0.145. The molecular formula is C24H21F2NO2. The van der Waals surface area contributed by atoms with Crippen LogP contribution in [0, 0.1) is 28.4 Å². The minimum Gasteiger partial charge on any atom is -0.423 e. The van der Waals surface area contributed by atoms with Gasteiger partial charge in [-0.2, -0.15) is 5.26 Å². The molecule has 3 aliphatic rings. The first-order valence-electron chi connectivity index (χ1n) is 9.73. The lowest BCUT2D eigenvalue weighted by atomic mass is 9.32. The van der Waals surface area contributed by atoms with Crippen LogP contribution < -0.4 is 4.74 Å². The summed E-state index contributed by atoms with van der Waals surface area (Å²) in [6.45, 7) is 2.05. The normalized spacial score (nSPS) is 24.5. The number of nitrogens with zero attached hydrogens (tertiary/aromatic N) is 1. The summed E-state index contributed by atoms with van der Waals surface area (Å²) in [6.07, 6.45) is 10.3. The number of halogens is 2. The smallest absolute Gasteiger partial charge is 0.343 e. The Morgan fingerprint density at radius 3 is 2.34 bits per heavy atom. The monoisotopic (exact) mass is 393 g/mol. The topological polar surface area (TPSA) is 50.1 Å². The van der Waals surface area contributed by atoms with E-state index in [4.69, 9.17) is 10.00 Å². The van der Waals surface area contributed by atoms with Gasteiger partial charge in [-0.05, 0) is 67.6 Å². The van der Waals surface area contributed by atoms with Crippen LogP contribution in [0.25, 0.3) is 0 Å². The molecule has 0 N–H and O–H groups in total. The fourth-order valence-electron chi connectivity index (χ4n) is 4.97. The van der Waals surface area contributed by atoms with Crippen LogP contribution >= 0.6 is 0 Å². The van der Waals surface area contributed by atoms with E-state index in [1.54, 1.807) is 12.1 Å². The van der Waals surface area contributed by atoms with Crippen molar-refractivity contribution in [2.24, 2.45) is 5.41 Å². The molecule has 3 fully saturated rings. The van der Waals surface area contributed by atoms with Crippen molar-refractivity contribution in [3.63, 3.8) is 0 Å². The first-order valence-corrected chi connectivity index (χ1v) is 9.73. The van der Waals surface area contributed by atoms with E-state index < -0.39 is 23.2 Å². The van der Waals surface area contributed by atoms with E-state index in [9.17, 15) is 13.6 Å². The van der Waals surface area contributed by atoms with Gasteiger partial charge in [0.2, 0.25) is 0 Å². The van der Waals surface area contributed by atoms with Gasteiger partial charge < -0.3 is 4.74 Å². The summed E-state index contributed by atoms with van der Waals surface area (Å²) in [4.78, 5) is 12.3. The number of hydrogen-bond acceptors (Lipinski definition) is 3. The van der Waals surface area contributed by atoms with Crippen molar-refractivity contribution in [2.75, 3.05) is 0 Å². The summed E-state index contributed by atoms with van der Waals surface area (Å²) >= 11 is 0. The molecule has 3 saturated carbocycles. The van der Waals surface area contributed by atoms with Gasteiger partial charge in [-0.15, -0.1) is 0 Å². The Balaban J connectivity index is 1.39. The van der Waals surface area contributed by atoms with Crippen molar-refractivity contribution >= 4 is 5.97 Å². The van der Waals surface area contributed by atoms with Crippen LogP contribution in [-0.2, 0) is 5.41 Å². The van der Waals surface area contributed by atoms with Gasteiger partial charge in [-0.3, -0.25) is 0 Å². The second kappa shape index (κ2) is 7.11. The van der Waals surface area contributed by atoms with E-state index in [1.165, 1.54) is 37.3 Å². The second-order valence-corrected chi connectivity index (χ2v) is 8.26. The molecule has 0 aromatic heterocycles. The Kier molecular flexibility index (Phi) is 4.74. The van der Waals surface area contributed by atoms with Gasteiger partial charge in [0.25, 0.3) is 0 Å². The number of allylic oxidation sites excluding steroid dienone is 2. The molecule has 0 spiro atoms. The Morgan fingerprint density at radius 2 is 1.79 bits per heavy atom. The maximum Gasteiger partial charge on any atom is 0.343 e. The van der Waals surface area contributed by atoms with E-state index in [2.05, 4.69) is 12.2 Å². The minimum absolute atomic E-state index is 0.248. The van der Waals surface area contributed by atoms with E-state index in [-0.39, 0.29) is 11.2 Å². The van der Waals surface area contributed by atoms with Crippen LogP contribution in [0.5, 0.6) is 5.75 Å². The third-order valence-electron chi connectivity index (χ3n) is 6.29. The van der Waals surface area contributed by atoms with Gasteiger partial charge in [0.05, 0.1) is 5.56 Å². The van der Waals surface area contributed by atoms with Crippen LogP contribution in [0.15, 0.2) is 48.6 Å². The molecule has 148 valence electrons. The van der Waals surface area contributed by atoms with Crippen LogP contribution in [0.4, 0.5) is 8.78 Å². The van der Waals surface area contributed by atoms with Gasteiger partial charge in [0.1, 0.15) is 29.0 Å². The average Bonchev–Trinajstić information content (AvgIpc) is 2.63. The molecule has 5 rings (SSSR count). The lowest BCUT2D eigenvalue weighted by Gasteiger charge is -2.71. The standard InChI is InChI=1S/C24H21F2NO2/c1-2-3-4-9-23-13-24(14-23,15-23)17-7-5-16(6-8-17)22(28)29-18-10-20(25)19(12-27)21(26)11-18/h2-3,5-8,10-11H,4,9,13-15H2,1H3/b3-2+. The van der Waals surface area contributed by atoms with Crippen molar-refractivity contribution < 1.29 is 18.3 Å². The van der Waals surface area contributed by atoms with Gasteiger partial charge >= 0.3 is 5.97 Å². The summed E-state index contributed by atoms with van der Waals surface area (Å²) in [5, 5.41) is 8.70. The summed E-state index contributed by atoms with van der Waals surface area (Å²) in [5.41, 5.74) is 1.60. The molecular weight excluding hydrogens is 372 g/mol. The van der Waals surface area contributed by atoms with Gasteiger partial charge in [-0.25, -0.2) is 13.6 Å². The highest BCUT2D eigenvalue weighted by molar-refractivity contribution is 5.91. The fraction of sp³-hybridized carbons (Fsp3) is 0.333.